The minimum absolute atomic E-state index is 0.102. The molecule has 0 saturated carbocycles. The average Bonchev–Trinajstić information content (AvgIpc) is 2.82. The molecule has 1 unspecified atom stereocenters. The van der Waals surface area contributed by atoms with Gasteiger partial charge in [0, 0.05) is 12.8 Å². The van der Waals surface area contributed by atoms with Gasteiger partial charge in [0.2, 0.25) is 0 Å². The van der Waals surface area contributed by atoms with Crippen LogP contribution in [0.5, 0.6) is 0 Å². The standard InChI is InChI=1S/C30H38O2Si/c1-5-6-7-8-9-13-20-27(21-14-12-19-26-31)32-33(30(2,3)4,28-22-15-10-16-23-28)29-24-17-11-18-25-29/h10-12,14-19,21-27H,5-8,20H2,1-4H3/b19-12+,21-14+. The van der Waals surface area contributed by atoms with E-state index in [0.717, 1.165) is 19.1 Å². The molecule has 2 rings (SSSR count). The van der Waals surface area contributed by atoms with Gasteiger partial charge >= 0.3 is 0 Å². The van der Waals surface area contributed by atoms with Crippen molar-refractivity contribution in [2.45, 2.75) is 70.9 Å². The Kier molecular flexibility index (Phi) is 11.1. The summed E-state index contributed by atoms with van der Waals surface area (Å²) in [5.41, 5.74) is 0. The van der Waals surface area contributed by atoms with Gasteiger partial charge in [-0.15, -0.1) is 11.8 Å². The van der Waals surface area contributed by atoms with Crippen molar-refractivity contribution >= 4 is 25.0 Å². The molecule has 0 heterocycles. The summed E-state index contributed by atoms with van der Waals surface area (Å²) in [5, 5.41) is 2.40. The molecule has 0 radical (unpaired) electrons. The van der Waals surface area contributed by atoms with Crippen LogP contribution in [0.2, 0.25) is 5.04 Å². The summed E-state index contributed by atoms with van der Waals surface area (Å²) in [7, 11) is -2.67. The second kappa shape index (κ2) is 13.8. The summed E-state index contributed by atoms with van der Waals surface area (Å²) in [5.74, 6) is 6.70. The Bertz CT molecular complexity index is 904. The Morgan fingerprint density at radius 1 is 0.879 bits per heavy atom. The van der Waals surface area contributed by atoms with E-state index in [0.29, 0.717) is 6.42 Å². The number of allylic oxidation sites excluding steroid dienone is 3. The SMILES string of the molecule is CCCCCC#CCC(/C=C/C=C/C=O)O[Si](c1ccccc1)(c1ccccc1)C(C)(C)C. The van der Waals surface area contributed by atoms with Gasteiger partial charge < -0.3 is 4.43 Å². The Morgan fingerprint density at radius 3 is 2.00 bits per heavy atom. The summed E-state index contributed by atoms with van der Waals surface area (Å²) in [6.07, 6.45) is 12.9. The zero-order valence-corrected chi connectivity index (χ0v) is 21.6. The van der Waals surface area contributed by atoms with E-state index >= 15 is 0 Å². The molecule has 0 aliphatic heterocycles. The number of aldehydes is 1. The molecule has 0 bridgehead atoms. The third-order valence-corrected chi connectivity index (χ3v) is 10.8. The predicted octanol–water partition coefficient (Wildman–Crippen LogP) is 6.22. The molecule has 1 atom stereocenters. The fourth-order valence-electron chi connectivity index (χ4n) is 4.09. The fraction of sp³-hybridized carbons (Fsp3) is 0.367. The van der Waals surface area contributed by atoms with Gasteiger partial charge in [0.25, 0.3) is 8.32 Å². The first-order valence-electron chi connectivity index (χ1n) is 12.0. The van der Waals surface area contributed by atoms with Crippen LogP contribution in [0.1, 0.15) is 59.8 Å². The zero-order valence-electron chi connectivity index (χ0n) is 20.6. The molecule has 0 aromatic heterocycles. The van der Waals surface area contributed by atoms with Crippen LogP contribution in [0, 0.1) is 11.8 Å². The van der Waals surface area contributed by atoms with Crippen molar-refractivity contribution in [1.82, 2.24) is 0 Å². The highest BCUT2D eigenvalue weighted by molar-refractivity contribution is 6.99. The molecular weight excluding hydrogens is 420 g/mol. The van der Waals surface area contributed by atoms with Crippen LogP contribution in [-0.4, -0.2) is 20.7 Å². The van der Waals surface area contributed by atoms with Crippen LogP contribution < -0.4 is 10.4 Å². The fourth-order valence-corrected chi connectivity index (χ4v) is 8.72. The number of unbranched alkanes of at least 4 members (excludes halogenated alkanes) is 3. The van der Waals surface area contributed by atoms with E-state index in [4.69, 9.17) is 4.43 Å². The molecular formula is C30H38O2Si. The second-order valence-electron chi connectivity index (χ2n) is 9.24. The lowest BCUT2D eigenvalue weighted by molar-refractivity contribution is -0.104. The van der Waals surface area contributed by atoms with E-state index in [9.17, 15) is 4.79 Å². The molecule has 2 aromatic rings. The largest absolute Gasteiger partial charge is 0.400 e. The van der Waals surface area contributed by atoms with E-state index in [-0.39, 0.29) is 11.1 Å². The van der Waals surface area contributed by atoms with Crippen molar-refractivity contribution in [2.75, 3.05) is 0 Å². The average molecular weight is 459 g/mol. The van der Waals surface area contributed by atoms with Crippen LogP contribution in [0.15, 0.2) is 85.0 Å². The van der Waals surface area contributed by atoms with E-state index in [1.807, 2.05) is 12.2 Å². The van der Waals surface area contributed by atoms with Crippen LogP contribution in [-0.2, 0) is 9.22 Å². The highest BCUT2D eigenvalue weighted by Gasteiger charge is 2.51. The van der Waals surface area contributed by atoms with Crippen molar-refractivity contribution in [3.63, 3.8) is 0 Å². The van der Waals surface area contributed by atoms with Gasteiger partial charge in [0.05, 0.1) is 6.10 Å². The van der Waals surface area contributed by atoms with Gasteiger partial charge in [-0.05, 0) is 27.9 Å². The molecule has 0 fully saturated rings. The summed E-state index contributed by atoms with van der Waals surface area (Å²) in [6, 6.07) is 21.3. The first-order valence-corrected chi connectivity index (χ1v) is 13.9. The molecule has 0 saturated heterocycles. The lowest BCUT2D eigenvalue weighted by Gasteiger charge is -2.44. The Labute approximate surface area is 201 Å². The molecule has 174 valence electrons. The van der Waals surface area contributed by atoms with Crippen molar-refractivity contribution in [1.29, 1.82) is 0 Å². The third-order valence-electron chi connectivity index (χ3n) is 5.71. The minimum Gasteiger partial charge on any atom is -0.400 e. The highest BCUT2D eigenvalue weighted by Crippen LogP contribution is 2.38. The minimum atomic E-state index is -2.67. The number of benzene rings is 2. The zero-order chi connectivity index (χ0) is 24.0. The molecule has 3 heteroatoms. The Hall–Kier alpha value is -2.67. The maximum atomic E-state index is 10.7. The molecule has 0 aliphatic rings. The quantitative estimate of drug-likeness (QED) is 0.0998. The van der Waals surface area contributed by atoms with E-state index in [2.05, 4.69) is 100 Å². The summed E-state index contributed by atoms with van der Waals surface area (Å²) >= 11 is 0. The van der Waals surface area contributed by atoms with Crippen LogP contribution in [0.3, 0.4) is 0 Å². The van der Waals surface area contributed by atoms with Gasteiger partial charge in [-0.25, -0.2) is 0 Å². The van der Waals surface area contributed by atoms with Crippen LogP contribution >= 0.6 is 0 Å². The van der Waals surface area contributed by atoms with E-state index < -0.39 is 8.32 Å². The molecule has 2 aromatic carbocycles. The lowest BCUT2D eigenvalue weighted by Crippen LogP contribution is -2.67. The summed E-state index contributed by atoms with van der Waals surface area (Å²) in [6.45, 7) is 9.05. The number of hydrogen-bond donors (Lipinski definition) is 0. The molecule has 0 spiro atoms. The summed E-state index contributed by atoms with van der Waals surface area (Å²) in [4.78, 5) is 10.7. The molecule has 33 heavy (non-hydrogen) atoms. The van der Waals surface area contributed by atoms with Crippen molar-refractivity contribution in [2.24, 2.45) is 0 Å². The maximum Gasteiger partial charge on any atom is 0.261 e. The monoisotopic (exact) mass is 458 g/mol. The van der Waals surface area contributed by atoms with Crippen LogP contribution in [0.25, 0.3) is 0 Å². The molecule has 2 nitrogen and oxygen atoms in total. The van der Waals surface area contributed by atoms with Crippen LogP contribution in [0.4, 0.5) is 0 Å². The number of hydrogen-bond acceptors (Lipinski definition) is 2. The Balaban J connectivity index is 2.50. The third kappa shape index (κ3) is 7.70. The smallest absolute Gasteiger partial charge is 0.261 e. The molecule has 0 amide bonds. The van der Waals surface area contributed by atoms with Crippen molar-refractivity contribution < 1.29 is 9.22 Å². The predicted molar refractivity (Wildman–Crippen MR) is 143 cm³/mol. The van der Waals surface area contributed by atoms with Gasteiger partial charge in [-0.2, -0.15) is 0 Å². The van der Waals surface area contributed by atoms with E-state index in [1.54, 1.807) is 6.08 Å². The first kappa shape index (κ1) is 26.6. The number of carbonyl (C=O) groups excluding carboxylic acids is 1. The van der Waals surface area contributed by atoms with Crippen molar-refractivity contribution in [3.05, 3.63) is 85.0 Å². The molecule has 0 aliphatic carbocycles. The van der Waals surface area contributed by atoms with Gasteiger partial charge in [-0.1, -0.05) is 119 Å². The Morgan fingerprint density at radius 2 is 1.48 bits per heavy atom. The topological polar surface area (TPSA) is 26.3 Å². The van der Waals surface area contributed by atoms with Gasteiger partial charge in [0.15, 0.2) is 0 Å². The van der Waals surface area contributed by atoms with E-state index in [1.165, 1.54) is 29.3 Å². The normalized spacial score (nSPS) is 13.1. The van der Waals surface area contributed by atoms with Crippen molar-refractivity contribution in [3.8, 4) is 11.8 Å². The maximum absolute atomic E-state index is 10.7. The first-order chi connectivity index (χ1) is 16.0. The summed E-state index contributed by atoms with van der Waals surface area (Å²) < 4.78 is 7.21. The van der Waals surface area contributed by atoms with Gasteiger partial charge in [0.1, 0.15) is 6.29 Å². The highest BCUT2D eigenvalue weighted by atomic mass is 28.4. The molecule has 0 N–H and O–H groups in total. The van der Waals surface area contributed by atoms with Gasteiger partial charge in [-0.3, -0.25) is 4.79 Å². The number of rotatable bonds is 11. The number of carbonyl (C=O) groups is 1. The lowest BCUT2D eigenvalue weighted by atomic mass is 10.2. The second-order valence-corrected chi connectivity index (χ2v) is 13.5.